The Morgan fingerprint density at radius 2 is 2.15 bits per heavy atom. The third-order valence-electron chi connectivity index (χ3n) is 2.94. The van der Waals surface area contributed by atoms with Gasteiger partial charge in [0.25, 0.3) is 0 Å². The molecular weight excluding hydrogens is 276 g/mol. The number of benzene rings is 1. The number of carbonyl (C=O) groups is 1. The van der Waals surface area contributed by atoms with E-state index in [-0.39, 0.29) is 6.54 Å². The molecule has 2 N–H and O–H groups in total. The third-order valence-corrected chi connectivity index (χ3v) is 3.25. The molecule has 3 aromatic rings. The van der Waals surface area contributed by atoms with Crippen LogP contribution in [0.15, 0.2) is 42.7 Å². The van der Waals surface area contributed by atoms with Gasteiger partial charge in [-0.25, -0.2) is 9.97 Å². The van der Waals surface area contributed by atoms with Crippen LogP contribution in [0.3, 0.4) is 0 Å². The maximum absolute atomic E-state index is 11.0. The molecule has 0 bridgehead atoms. The van der Waals surface area contributed by atoms with Crippen LogP contribution in [0.25, 0.3) is 22.4 Å². The molecule has 2 aromatic heterocycles. The number of amides is 1. The van der Waals surface area contributed by atoms with Gasteiger partial charge in [0.2, 0.25) is 5.91 Å². The minimum absolute atomic E-state index is 0.0670. The lowest BCUT2D eigenvalue weighted by atomic mass is 10.2. The number of halogens is 1. The van der Waals surface area contributed by atoms with Crippen molar-refractivity contribution in [1.29, 1.82) is 0 Å². The topological polar surface area (TPSA) is 73.8 Å². The molecule has 0 unspecified atom stereocenters. The van der Waals surface area contributed by atoms with Gasteiger partial charge in [0.05, 0.1) is 10.5 Å². The van der Waals surface area contributed by atoms with E-state index in [4.69, 9.17) is 17.3 Å². The van der Waals surface area contributed by atoms with Crippen molar-refractivity contribution in [2.75, 3.05) is 0 Å². The van der Waals surface area contributed by atoms with E-state index < -0.39 is 5.91 Å². The molecule has 0 radical (unpaired) electrons. The van der Waals surface area contributed by atoms with Gasteiger partial charge in [0, 0.05) is 17.8 Å². The predicted molar refractivity (Wildman–Crippen MR) is 77.2 cm³/mol. The smallest absolute Gasteiger partial charge is 0.237 e. The average Bonchev–Trinajstić information content (AvgIpc) is 2.86. The average molecular weight is 287 g/mol. The zero-order valence-corrected chi connectivity index (χ0v) is 11.2. The summed E-state index contributed by atoms with van der Waals surface area (Å²) in [6, 6.07) is 9.37. The molecule has 100 valence electrons. The molecule has 1 aromatic carbocycles. The molecule has 0 fully saturated rings. The minimum Gasteiger partial charge on any atom is -0.368 e. The summed E-state index contributed by atoms with van der Waals surface area (Å²) in [5.41, 5.74) is 6.57. The van der Waals surface area contributed by atoms with Crippen LogP contribution < -0.4 is 5.73 Å². The van der Waals surface area contributed by atoms with Crippen LogP contribution in [0.4, 0.5) is 0 Å². The summed E-state index contributed by atoms with van der Waals surface area (Å²) >= 11 is 6.15. The number of aromatic nitrogens is 3. The second kappa shape index (κ2) is 4.94. The van der Waals surface area contributed by atoms with Crippen LogP contribution >= 0.6 is 11.6 Å². The van der Waals surface area contributed by atoms with E-state index in [0.29, 0.717) is 22.1 Å². The first-order chi connectivity index (χ1) is 9.65. The molecule has 1 amide bonds. The number of primary amides is 1. The lowest BCUT2D eigenvalue weighted by Crippen LogP contribution is -2.18. The number of fused-ring (bicyclic) bond motifs is 1. The van der Waals surface area contributed by atoms with Crippen molar-refractivity contribution >= 4 is 28.4 Å². The molecule has 5 nitrogen and oxygen atoms in total. The quantitative estimate of drug-likeness (QED) is 0.802. The van der Waals surface area contributed by atoms with Crippen molar-refractivity contribution in [3.63, 3.8) is 0 Å². The van der Waals surface area contributed by atoms with Gasteiger partial charge < -0.3 is 10.3 Å². The highest BCUT2D eigenvalue weighted by molar-refractivity contribution is 6.35. The summed E-state index contributed by atoms with van der Waals surface area (Å²) < 4.78 is 1.66. The van der Waals surface area contributed by atoms with Gasteiger partial charge in [-0.15, -0.1) is 0 Å². The number of carbonyl (C=O) groups excluding carboxylic acids is 1. The Hall–Kier alpha value is -2.40. The van der Waals surface area contributed by atoms with Crippen LogP contribution in [0, 0.1) is 0 Å². The molecule has 0 atom stereocenters. The van der Waals surface area contributed by atoms with Gasteiger partial charge in [-0.1, -0.05) is 29.8 Å². The van der Waals surface area contributed by atoms with E-state index in [0.717, 1.165) is 5.39 Å². The summed E-state index contributed by atoms with van der Waals surface area (Å²) in [5.74, 6) is 0.161. The number of hydrogen-bond acceptors (Lipinski definition) is 3. The number of rotatable bonds is 3. The number of nitrogens with zero attached hydrogens (tertiary/aromatic N) is 3. The molecule has 0 spiro atoms. The predicted octanol–water partition coefficient (Wildman–Crippen LogP) is 2.24. The molecular formula is C14H11ClN4O. The van der Waals surface area contributed by atoms with Gasteiger partial charge in [0.1, 0.15) is 12.2 Å². The van der Waals surface area contributed by atoms with Gasteiger partial charge in [-0.3, -0.25) is 4.79 Å². The van der Waals surface area contributed by atoms with Crippen molar-refractivity contribution < 1.29 is 4.79 Å². The zero-order valence-electron chi connectivity index (χ0n) is 10.5. The lowest BCUT2D eigenvalue weighted by molar-refractivity contribution is -0.118. The molecule has 2 heterocycles. The van der Waals surface area contributed by atoms with Crippen LogP contribution in [-0.4, -0.2) is 20.4 Å². The molecule has 20 heavy (non-hydrogen) atoms. The standard InChI is InChI=1S/C14H11ClN4O/c15-10-3-1-2-9-4-5-11(18-13(9)10)14-17-6-7-19(14)8-12(16)20/h1-7H,8H2,(H2,16,20). The van der Waals surface area contributed by atoms with E-state index in [2.05, 4.69) is 9.97 Å². The summed E-state index contributed by atoms with van der Waals surface area (Å²) in [6.07, 6.45) is 3.30. The van der Waals surface area contributed by atoms with Crippen molar-refractivity contribution in [3.8, 4) is 11.5 Å². The number of para-hydroxylation sites is 1. The largest absolute Gasteiger partial charge is 0.368 e. The maximum atomic E-state index is 11.0. The fourth-order valence-electron chi connectivity index (χ4n) is 2.07. The monoisotopic (exact) mass is 286 g/mol. The van der Waals surface area contributed by atoms with Crippen LogP contribution in [0.5, 0.6) is 0 Å². The number of hydrogen-bond donors (Lipinski definition) is 1. The first kappa shape index (κ1) is 12.6. The first-order valence-electron chi connectivity index (χ1n) is 6.00. The highest BCUT2D eigenvalue weighted by Gasteiger charge is 2.10. The van der Waals surface area contributed by atoms with Crippen LogP contribution in [0.1, 0.15) is 0 Å². The Morgan fingerprint density at radius 1 is 1.30 bits per heavy atom. The Kier molecular flexibility index (Phi) is 3.12. The van der Waals surface area contributed by atoms with E-state index in [9.17, 15) is 4.79 Å². The Morgan fingerprint density at radius 3 is 2.95 bits per heavy atom. The highest BCUT2D eigenvalue weighted by atomic mass is 35.5. The van der Waals surface area contributed by atoms with E-state index in [1.807, 2.05) is 24.3 Å². The van der Waals surface area contributed by atoms with Gasteiger partial charge in [-0.05, 0) is 12.1 Å². The van der Waals surface area contributed by atoms with Crippen molar-refractivity contribution in [2.45, 2.75) is 6.54 Å². The fourth-order valence-corrected chi connectivity index (χ4v) is 2.30. The Balaban J connectivity index is 2.13. The van der Waals surface area contributed by atoms with E-state index >= 15 is 0 Å². The summed E-state index contributed by atoms with van der Waals surface area (Å²) in [7, 11) is 0. The molecule has 0 saturated carbocycles. The fraction of sp³-hybridized carbons (Fsp3) is 0.0714. The van der Waals surface area contributed by atoms with E-state index in [1.54, 1.807) is 23.0 Å². The normalized spacial score (nSPS) is 10.8. The first-order valence-corrected chi connectivity index (χ1v) is 6.38. The second-order valence-electron chi connectivity index (χ2n) is 4.35. The van der Waals surface area contributed by atoms with Crippen LogP contribution in [0.2, 0.25) is 5.02 Å². The highest BCUT2D eigenvalue weighted by Crippen LogP contribution is 2.24. The number of imidazole rings is 1. The van der Waals surface area contributed by atoms with Crippen LogP contribution in [-0.2, 0) is 11.3 Å². The van der Waals surface area contributed by atoms with Gasteiger partial charge in [-0.2, -0.15) is 0 Å². The van der Waals surface area contributed by atoms with Gasteiger partial charge in [0.15, 0.2) is 5.82 Å². The Bertz CT molecular complexity index is 797. The molecule has 6 heteroatoms. The zero-order chi connectivity index (χ0) is 14.1. The molecule has 0 aliphatic heterocycles. The number of pyridine rings is 1. The molecule has 0 aliphatic carbocycles. The van der Waals surface area contributed by atoms with Crippen molar-refractivity contribution in [2.24, 2.45) is 5.73 Å². The minimum atomic E-state index is -0.428. The SMILES string of the molecule is NC(=O)Cn1ccnc1-c1ccc2cccc(Cl)c2n1. The summed E-state index contributed by atoms with van der Waals surface area (Å²) in [4.78, 5) is 19.8. The molecule has 0 saturated heterocycles. The molecule has 3 rings (SSSR count). The van der Waals surface area contributed by atoms with Crippen molar-refractivity contribution in [1.82, 2.24) is 14.5 Å². The number of nitrogens with two attached hydrogens (primary N) is 1. The van der Waals surface area contributed by atoms with Gasteiger partial charge >= 0.3 is 0 Å². The second-order valence-corrected chi connectivity index (χ2v) is 4.76. The summed E-state index contributed by atoms with van der Waals surface area (Å²) in [5, 5.41) is 1.53. The Labute approximate surface area is 120 Å². The lowest BCUT2D eigenvalue weighted by Gasteiger charge is -2.06. The van der Waals surface area contributed by atoms with E-state index in [1.165, 1.54) is 0 Å². The third kappa shape index (κ3) is 2.23. The maximum Gasteiger partial charge on any atom is 0.237 e. The summed E-state index contributed by atoms with van der Waals surface area (Å²) in [6.45, 7) is 0.0670. The molecule has 0 aliphatic rings. The van der Waals surface area contributed by atoms with Crippen molar-refractivity contribution in [3.05, 3.63) is 47.7 Å².